The molecule has 1 aliphatic carbocycles. The van der Waals surface area contributed by atoms with Crippen molar-refractivity contribution in [2.24, 2.45) is 10.9 Å². The fraction of sp³-hybridized carbons (Fsp3) is 0.938. The quantitative estimate of drug-likeness (QED) is 0.388. The summed E-state index contributed by atoms with van der Waals surface area (Å²) in [4.78, 5) is 4.59. The molecule has 4 nitrogen and oxygen atoms in total. The van der Waals surface area contributed by atoms with Gasteiger partial charge < -0.3 is 15.4 Å². The first kappa shape index (κ1) is 17.3. The standard InChI is InChI=1S/C16H33N3O/c1-4-17-16(19-12-10-14(2)3)18-11-7-13-20-15-8-5-6-9-15/h14-15H,4-13H2,1-3H3,(H2,17,18,19). The molecule has 1 rings (SSSR count). The molecular weight excluding hydrogens is 250 g/mol. The summed E-state index contributed by atoms with van der Waals surface area (Å²) in [6.45, 7) is 10.2. The number of nitrogens with one attached hydrogen (secondary N) is 2. The predicted molar refractivity (Wildman–Crippen MR) is 86.3 cm³/mol. The molecule has 0 atom stereocenters. The molecule has 0 amide bonds. The first-order chi connectivity index (χ1) is 9.72. The van der Waals surface area contributed by atoms with Crippen molar-refractivity contribution in [1.29, 1.82) is 0 Å². The Morgan fingerprint density at radius 3 is 2.65 bits per heavy atom. The van der Waals surface area contributed by atoms with Gasteiger partial charge in [-0.3, -0.25) is 4.99 Å². The highest BCUT2D eigenvalue weighted by molar-refractivity contribution is 5.79. The second-order valence-corrected chi connectivity index (χ2v) is 6.00. The van der Waals surface area contributed by atoms with E-state index in [1.54, 1.807) is 0 Å². The topological polar surface area (TPSA) is 45.7 Å². The van der Waals surface area contributed by atoms with Crippen molar-refractivity contribution in [3.8, 4) is 0 Å². The zero-order valence-electron chi connectivity index (χ0n) is 13.6. The highest BCUT2D eigenvalue weighted by Crippen LogP contribution is 2.20. The normalized spacial score (nSPS) is 16.9. The van der Waals surface area contributed by atoms with Crippen LogP contribution in [0.4, 0.5) is 0 Å². The maximum Gasteiger partial charge on any atom is 0.191 e. The Morgan fingerprint density at radius 2 is 2.00 bits per heavy atom. The minimum atomic E-state index is 0.524. The summed E-state index contributed by atoms with van der Waals surface area (Å²) in [7, 11) is 0. The lowest BCUT2D eigenvalue weighted by atomic mass is 10.1. The third-order valence-electron chi connectivity index (χ3n) is 3.59. The van der Waals surface area contributed by atoms with Crippen molar-refractivity contribution >= 4 is 5.96 Å². The van der Waals surface area contributed by atoms with Gasteiger partial charge in [-0.1, -0.05) is 26.7 Å². The van der Waals surface area contributed by atoms with Crippen LogP contribution in [0.25, 0.3) is 0 Å². The summed E-state index contributed by atoms with van der Waals surface area (Å²) in [5.41, 5.74) is 0. The molecule has 1 fully saturated rings. The number of nitrogens with zero attached hydrogens (tertiary/aromatic N) is 1. The van der Waals surface area contributed by atoms with E-state index in [-0.39, 0.29) is 0 Å². The monoisotopic (exact) mass is 283 g/mol. The molecule has 4 heteroatoms. The van der Waals surface area contributed by atoms with E-state index >= 15 is 0 Å². The molecule has 0 heterocycles. The van der Waals surface area contributed by atoms with Crippen LogP contribution in [0.15, 0.2) is 4.99 Å². The SMILES string of the molecule is CCNC(=NCCCOC1CCCC1)NCCC(C)C. The second-order valence-electron chi connectivity index (χ2n) is 6.00. The fourth-order valence-corrected chi connectivity index (χ4v) is 2.38. The summed E-state index contributed by atoms with van der Waals surface area (Å²) >= 11 is 0. The van der Waals surface area contributed by atoms with E-state index in [0.29, 0.717) is 6.10 Å². The van der Waals surface area contributed by atoms with Crippen molar-refractivity contribution in [2.75, 3.05) is 26.2 Å². The molecule has 0 saturated heterocycles. The maximum absolute atomic E-state index is 5.85. The Kier molecular flexibility index (Phi) is 9.46. The zero-order chi connectivity index (χ0) is 14.6. The van der Waals surface area contributed by atoms with Crippen LogP contribution in [0.2, 0.25) is 0 Å². The van der Waals surface area contributed by atoms with Gasteiger partial charge in [-0.2, -0.15) is 0 Å². The largest absolute Gasteiger partial charge is 0.378 e. The van der Waals surface area contributed by atoms with E-state index in [4.69, 9.17) is 4.74 Å². The lowest BCUT2D eigenvalue weighted by molar-refractivity contribution is 0.0579. The van der Waals surface area contributed by atoms with E-state index in [1.165, 1.54) is 32.1 Å². The summed E-state index contributed by atoms with van der Waals surface area (Å²) < 4.78 is 5.85. The van der Waals surface area contributed by atoms with Gasteiger partial charge in [0.15, 0.2) is 5.96 Å². The number of hydrogen-bond donors (Lipinski definition) is 2. The molecule has 0 aliphatic heterocycles. The minimum absolute atomic E-state index is 0.524. The van der Waals surface area contributed by atoms with Crippen LogP contribution in [0.3, 0.4) is 0 Å². The molecule has 0 spiro atoms. The molecule has 0 aromatic rings. The third-order valence-corrected chi connectivity index (χ3v) is 3.59. The number of guanidine groups is 1. The lowest BCUT2D eigenvalue weighted by Crippen LogP contribution is -2.38. The number of rotatable bonds is 9. The van der Waals surface area contributed by atoms with E-state index in [1.807, 2.05) is 0 Å². The Labute approximate surface area is 124 Å². The van der Waals surface area contributed by atoms with Crippen molar-refractivity contribution in [3.05, 3.63) is 0 Å². The average Bonchev–Trinajstić information content (AvgIpc) is 2.91. The van der Waals surface area contributed by atoms with Gasteiger partial charge >= 0.3 is 0 Å². The van der Waals surface area contributed by atoms with E-state index in [0.717, 1.165) is 44.5 Å². The van der Waals surface area contributed by atoms with Gasteiger partial charge in [0.1, 0.15) is 0 Å². The smallest absolute Gasteiger partial charge is 0.191 e. The van der Waals surface area contributed by atoms with Crippen molar-refractivity contribution in [3.63, 3.8) is 0 Å². The molecule has 1 saturated carbocycles. The highest BCUT2D eigenvalue weighted by atomic mass is 16.5. The molecule has 0 bridgehead atoms. The van der Waals surface area contributed by atoms with Crippen LogP contribution in [-0.4, -0.2) is 38.3 Å². The molecule has 0 radical (unpaired) electrons. The highest BCUT2D eigenvalue weighted by Gasteiger charge is 2.14. The van der Waals surface area contributed by atoms with Gasteiger partial charge in [0.25, 0.3) is 0 Å². The molecular formula is C16H33N3O. The first-order valence-electron chi connectivity index (χ1n) is 8.36. The van der Waals surface area contributed by atoms with E-state index < -0.39 is 0 Å². The molecule has 20 heavy (non-hydrogen) atoms. The Balaban J connectivity index is 2.10. The van der Waals surface area contributed by atoms with Crippen molar-refractivity contribution in [1.82, 2.24) is 10.6 Å². The van der Waals surface area contributed by atoms with Gasteiger partial charge in [-0.05, 0) is 38.5 Å². The fourth-order valence-electron chi connectivity index (χ4n) is 2.38. The van der Waals surface area contributed by atoms with Crippen molar-refractivity contribution < 1.29 is 4.74 Å². The average molecular weight is 283 g/mol. The third kappa shape index (κ3) is 8.41. The molecule has 2 N–H and O–H groups in total. The molecule has 118 valence electrons. The van der Waals surface area contributed by atoms with E-state index in [9.17, 15) is 0 Å². The number of ether oxygens (including phenoxy) is 1. The lowest BCUT2D eigenvalue weighted by Gasteiger charge is -2.13. The first-order valence-corrected chi connectivity index (χ1v) is 8.36. The summed E-state index contributed by atoms with van der Waals surface area (Å²) in [5, 5.41) is 6.67. The summed E-state index contributed by atoms with van der Waals surface area (Å²) in [5.74, 6) is 1.67. The summed E-state index contributed by atoms with van der Waals surface area (Å²) in [6.07, 6.45) is 7.90. The van der Waals surface area contributed by atoms with Gasteiger partial charge in [-0.25, -0.2) is 0 Å². The second kappa shape index (κ2) is 11.0. The summed E-state index contributed by atoms with van der Waals surface area (Å²) in [6, 6.07) is 0. The zero-order valence-corrected chi connectivity index (χ0v) is 13.6. The van der Waals surface area contributed by atoms with Crippen LogP contribution in [0, 0.1) is 5.92 Å². The Hall–Kier alpha value is -0.770. The maximum atomic E-state index is 5.85. The molecule has 0 aromatic heterocycles. The number of aliphatic imine (C=N–C) groups is 1. The van der Waals surface area contributed by atoms with Gasteiger partial charge in [0.05, 0.1) is 6.10 Å². The van der Waals surface area contributed by atoms with E-state index in [2.05, 4.69) is 36.4 Å². The van der Waals surface area contributed by atoms with Gasteiger partial charge in [0, 0.05) is 26.2 Å². The van der Waals surface area contributed by atoms with Crippen molar-refractivity contribution in [2.45, 2.75) is 65.4 Å². The Morgan fingerprint density at radius 1 is 1.25 bits per heavy atom. The predicted octanol–water partition coefficient (Wildman–Crippen LogP) is 2.94. The molecule has 1 aliphatic rings. The van der Waals surface area contributed by atoms with Crippen LogP contribution in [-0.2, 0) is 4.74 Å². The van der Waals surface area contributed by atoms with Crippen LogP contribution in [0.1, 0.15) is 59.3 Å². The number of hydrogen-bond acceptors (Lipinski definition) is 2. The van der Waals surface area contributed by atoms with Crippen LogP contribution in [0.5, 0.6) is 0 Å². The van der Waals surface area contributed by atoms with Crippen LogP contribution < -0.4 is 10.6 Å². The van der Waals surface area contributed by atoms with Gasteiger partial charge in [-0.15, -0.1) is 0 Å². The minimum Gasteiger partial charge on any atom is -0.378 e. The molecule has 0 unspecified atom stereocenters. The molecule has 0 aromatic carbocycles. The van der Waals surface area contributed by atoms with Crippen LogP contribution >= 0.6 is 0 Å². The van der Waals surface area contributed by atoms with Gasteiger partial charge in [0.2, 0.25) is 0 Å². The Bertz CT molecular complexity index is 260.